The summed E-state index contributed by atoms with van der Waals surface area (Å²) in [6.07, 6.45) is 4.46. The number of fused-ring (bicyclic) bond motifs is 1. The van der Waals surface area contributed by atoms with Crippen LogP contribution >= 0.6 is 0 Å². The molecule has 152 valence electrons. The zero-order valence-electron chi connectivity index (χ0n) is 18.2. The fraction of sp³-hybridized carbons (Fsp3) is 0.250. The summed E-state index contributed by atoms with van der Waals surface area (Å²) >= 11 is 0. The molecular formula is C28H29NO. The topological polar surface area (TPSA) is 20.3 Å². The van der Waals surface area contributed by atoms with Crippen molar-refractivity contribution in [1.82, 2.24) is 0 Å². The minimum absolute atomic E-state index is 0.0193. The van der Waals surface area contributed by atoms with Gasteiger partial charge in [0.25, 0.3) is 5.91 Å². The van der Waals surface area contributed by atoms with Crippen molar-refractivity contribution >= 4 is 17.7 Å². The van der Waals surface area contributed by atoms with Crippen LogP contribution in [-0.2, 0) is 10.2 Å². The number of hydrogen-bond acceptors (Lipinski definition) is 1. The summed E-state index contributed by atoms with van der Waals surface area (Å²) in [5.74, 6) is 0.0193. The van der Waals surface area contributed by atoms with Crippen LogP contribution < -0.4 is 4.90 Å². The largest absolute Gasteiger partial charge is 0.303 e. The lowest BCUT2D eigenvalue weighted by molar-refractivity contribution is -0.115. The number of amides is 1. The molecule has 1 aliphatic rings. The van der Waals surface area contributed by atoms with E-state index in [9.17, 15) is 4.79 Å². The Balaban J connectivity index is 1.82. The predicted molar refractivity (Wildman–Crippen MR) is 126 cm³/mol. The molecule has 2 heteroatoms. The zero-order valence-corrected chi connectivity index (χ0v) is 18.2. The molecule has 0 unspecified atom stereocenters. The van der Waals surface area contributed by atoms with E-state index in [-0.39, 0.29) is 16.9 Å². The van der Waals surface area contributed by atoms with Gasteiger partial charge in [-0.25, -0.2) is 0 Å². The molecule has 0 aromatic heterocycles. The second-order valence-electron chi connectivity index (χ2n) is 9.13. The standard InChI is InChI=1S/C28H29NO/c1-21-15-17-24-25(19-21)29(26(30)18-16-22-11-7-5-8-12-22)27(2,3)20-28(24,4)23-13-9-6-10-14-23/h5-19H,20H2,1-4H3/b18-16+/t28-/m1/s1. The summed E-state index contributed by atoms with van der Waals surface area (Å²) in [6, 6.07) is 27.1. The van der Waals surface area contributed by atoms with Crippen LogP contribution in [0.2, 0.25) is 0 Å². The first-order valence-electron chi connectivity index (χ1n) is 10.6. The van der Waals surface area contributed by atoms with E-state index in [4.69, 9.17) is 0 Å². The first-order chi connectivity index (χ1) is 14.3. The smallest absolute Gasteiger partial charge is 0.251 e. The van der Waals surface area contributed by atoms with E-state index >= 15 is 0 Å². The summed E-state index contributed by atoms with van der Waals surface area (Å²) in [4.78, 5) is 15.4. The van der Waals surface area contributed by atoms with E-state index in [1.807, 2.05) is 41.3 Å². The van der Waals surface area contributed by atoms with Crippen LogP contribution in [0.4, 0.5) is 5.69 Å². The number of anilines is 1. The van der Waals surface area contributed by atoms with Crippen molar-refractivity contribution in [2.24, 2.45) is 0 Å². The third kappa shape index (κ3) is 3.59. The predicted octanol–water partition coefficient (Wildman–Crippen LogP) is 6.53. The lowest BCUT2D eigenvalue weighted by Crippen LogP contribution is -2.55. The minimum atomic E-state index is -0.330. The third-order valence-corrected chi connectivity index (χ3v) is 6.23. The highest BCUT2D eigenvalue weighted by molar-refractivity contribution is 6.06. The Morgan fingerprint density at radius 2 is 1.53 bits per heavy atom. The van der Waals surface area contributed by atoms with Gasteiger partial charge in [-0.3, -0.25) is 4.79 Å². The van der Waals surface area contributed by atoms with Crippen molar-refractivity contribution in [1.29, 1.82) is 0 Å². The Labute approximate surface area is 179 Å². The van der Waals surface area contributed by atoms with Crippen molar-refractivity contribution in [2.45, 2.75) is 45.1 Å². The van der Waals surface area contributed by atoms with E-state index < -0.39 is 0 Å². The van der Waals surface area contributed by atoms with Gasteiger partial charge in [-0.05, 0) is 61.6 Å². The monoisotopic (exact) mass is 395 g/mol. The maximum absolute atomic E-state index is 13.4. The van der Waals surface area contributed by atoms with E-state index in [1.165, 1.54) is 11.1 Å². The van der Waals surface area contributed by atoms with Crippen LogP contribution in [0.1, 0.15) is 49.4 Å². The molecule has 0 radical (unpaired) electrons. The van der Waals surface area contributed by atoms with Gasteiger partial charge in [0.15, 0.2) is 0 Å². The average Bonchev–Trinajstić information content (AvgIpc) is 2.72. The van der Waals surface area contributed by atoms with Gasteiger partial charge >= 0.3 is 0 Å². The number of carbonyl (C=O) groups is 1. The van der Waals surface area contributed by atoms with Crippen molar-refractivity contribution in [3.63, 3.8) is 0 Å². The quantitative estimate of drug-likeness (QED) is 0.462. The average molecular weight is 396 g/mol. The molecule has 1 atom stereocenters. The van der Waals surface area contributed by atoms with Crippen LogP contribution in [0.15, 0.2) is 84.9 Å². The molecule has 0 spiro atoms. The SMILES string of the molecule is Cc1ccc2c(c1)N(C(=O)/C=C/c1ccccc1)C(C)(C)C[C@]2(C)c1ccccc1. The Hall–Kier alpha value is -3.13. The molecule has 0 N–H and O–H groups in total. The van der Waals surface area contributed by atoms with Gasteiger partial charge in [-0.1, -0.05) is 79.7 Å². The molecule has 1 amide bonds. The maximum Gasteiger partial charge on any atom is 0.251 e. The maximum atomic E-state index is 13.4. The summed E-state index contributed by atoms with van der Waals surface area (Å²) in [5, 5.41) is 0. The molecule has 1 heterocycles. The molecule has 4 rings (SSSR count). The van der Waals surface area contributed by atoms with Crippen LogP contribution in [0.3, 0.4) is 0 Å². The van der Waals surface area contributed by atoms with E-state index in [1.54, 1.807) is 6.08 Å². The van der Waals surface area contributed by atoms with Crippen LogP contribution in [0.5, 0.6) is 0 Å². The number of benzene rings is 3. The number of hydrogen-bond donors (Lipinski definition) is 0. The fourth-order valence-corrected chi connectivity index (χ4v) is 4.95. The van der Waals surface area contributed by atoms with Crippen molar-refractivity contribution in [3.8, 4) is 0 Å². The minimum Gasteiger partial charge on any atom is -0.303 e. The number of nitrogens with zero attached hydrogens (tertiary/aromatic N) is 1. The van der Waals surface area contributed by atoms with Gasteiger partial charge in [0.1, 0.15) is 0 Å². The summed E-state index contributed by atoms with van der Waals surface area (Å²) in [6.45, 7) is 8.74. The Morgan fingerprint density at radius 3 is 2.20 bits per heavy atom. The lowest BCUT2D eigenvalue weighted by Gasteiger charge is -2.51. The van der Waals surface area contributed by atoms with Gasteiger partial charge in [0, 0.05) is 22.7 Å². The van der Waals surface area contributed by atoms with Crippen LogP contribution in [-0.4, -0.2) is 11.4 Å². The van der Waals surface area contributed by atoms with Gasteiger partial charge in [-0.15, -0.1) is 0 Å². The van der Waals surface area contributed by atoms with Gasteiger partial charge in [-0.2, -0.15) is 0 Å². The number of rotatable bonds is 3. The van der Waals surface area contributed by atoms with Crippen molar-refractivity contribution in [2.75, 3.05) is 4.90 Å². The fourth-order valence-electron chi connectivity index (χ4n) is 4.95. The van der Waals surface area contributed by atoms with Crippen molar-refractivity contribution in [3.05, 3.63) is 107 Å². The Kier molecular flexibility index (Phi) is 5.11. The molecule has 0 saturated carbocycles. The zero-order chi connectivity index (χ0) is 21.4. The Bertz CT molecular complexity index is 1080. The molecule has 0 fully saturated rings. The summed E-state index contributed by atoms with van der Waals surface area (Å²) in [7, 11) is 0. The highest BCUT2D eigenvalue weighted by Gasteiger charge is 2.47. The van der Waals surface area contributed by atoms with E-state index in [0.717, 1.165) is 23.2 Å². The van der Waals surface area contributed by atoms with E-state index in [2.05, 4.69) is 76.2 Å². The second-order valence-corrected chi connectivity index (χ2v) is 9.13. The molecule has 0 saturated heterocycles. The summed E-state index contributed by atoms with van der Waals surface area (Å²) < 4.78 is 0. The molecule has 30 heavy (non-hydrogen) atoms. The van der Waals surface area contributed by atoms with Gasteiger partial charge < -0.3 is 4.90 Å². The van der Waals surface area contributed by atoms with Crippen LogP contribution in [0.25, 0.3) is 6.08 Å². The lowest BCUT2D eigenvalue weighted by atomic mass is 9.65. The molecule has 3 aromatic carbocycles. The van der Waals surface area contributed by atoms with Gasteiger partial charge in [0.2, 0.25) is 0 Å². The number of aryl methyl sites for hydroxylation is 1. The number of carbonyl (C=O) groups excluding carboxylic acids is 1. The molecule has 1 aliphatic heterocycles. The highest BCUT2D eigenvalue weighted by atomic mass is 16.2. The van der Waals surface area contributed by atoms with Gasteiger partial charge in [0.05, 0.1) is 0 Å². The first kappa shape index (κ1) is 20.2. The molecule has 3 aromatic rings. The Morgan fingerprint density at radius 1 is 0.900 bits per heavy atom. The third-order valence-electron chi connectivity index (χ3n) is 6.23. The van der Waals surface area contributed by atoms with Crippen molar-refractivity contribution < 1.29 is 4.79 Å². The second kappa shape index (κ2) is 7.60. The van der Waals surface area contributed by atoms with E-state index in [0.29, 0.717) is 0 Å². The summed E-state index contributed by atoms with van der Waals surface area (Å²) in [5.41, 5.74) is 5.21. The molecule has 2 nitrogen and oxygen atoms in total. The van der Waals surface area contributed by atoms with Crippen LogP contribution in [0, 0.1) is 6.92 Å². The highest BCUT2D eigenvalue weighted by Crippen LogP contribution is 2.50. The molecule has 0 bridgehead atoms. The molecule has 0 aliphatic carbocycles. The normalized spacial score (nSPS) is 20.2. The first-order valence-corrected chi connectivity index (χ1v) is 10.6. The molecular weight excluding hydrogens is 366 g/mol.